The number of likely N-dealkylation sites (N-methyl/N-ethyl adjacent to an activating group) is 1. The van der Waals surface area contributed by atoms with Crippen LogP contribution in [0.1, 0.15) is 22.4 Å². The molecule has 0 aromatic carbocycles. The number of hydrogen-bond donors (Lipinski definition) is 1. The van der Waals surface area contributed by atoms with Gasteiger partial charge in [-0.3, -0.25) is 4.68 Å². The van der Waals surface area contributed by atoms with E-state index in [1.165, 1.54) is 0 Å². The van der Waals surface area contributed by atoms with Crippen LogP contribution in [0.2, 0.25) is 0 Å². The van der Waals surface area contributed by atoms with Gasteiger partial charge in [-0.15, -0.1) is 11.3 Å². The van der Waals surface area contributed by atoms with Crippen LogP contribution in [0, 0.1) is 6.92 Å². The Morgan fingerprint density at radius 1 is 1.55 bits per heavy atom. The summed E-state index contributed by atoms with van der Waals surface area (Å²) in [5.41, 5.74) is 2.24. The summed E-state index contributed by atoms with van der Waals surface area (Å²) in [7, 11) is 3.66. The molecule has 2 heterocycles. The number of ether oxygens (including phenoxy) is 1. The molecule has 2 rings (SSSR count). The molecule has 2 aromatic rings. The van der Waals surface area contributed by atoms with Crippen LogP contribution in [0.3, 0.4) is 0 Å². The van der Waals surface area contributed by atoms with Crippen molar-refractivity contribution in [3.8, 4) is 0 Å². The molecule has 1 unspecified atom stereocenters. The number of thiazole rings is 1. The molecule has 20 heavy (non-hydrogen) atoms. The van der Waals surface area contributed by atoms with Gasteiger partial charge in [0.05, 0.1) is 46.3 Å². The van der Waals surface area contributed by atoms with Gasteiger partial charge in [0.15, 0.2) is 0 Å². The molecule has 2 aromatic heterocycles. The molecule has 0 aliphatic rings. The van der Waals surface area contributed by atoms with Crippen LogP contribution in [-0.2, 0) is 17.7 Å². The maximum absolute atomic E-state index is 5.14. The lowest BCUT2D eigenvalue weighted by molar-refractivity contribution is 0.181. The summed E-state index contributed by atoms with van der Waals surface area (Å²) < 4.78 is 8.13. The Kier molecular flexibility index (Phi) is 5.71. The third kappa shape index (κ3) is 3.66. The van der Waals surface area contributed by atoms with Crippen molar-refractivity contribution in [3.63, 3.8) is 0 Å². The standard InChI is InChI=1S/C13H19BrN4OS/c1-9-17-10(8-20-9)6-12(15-2)13-11(14)7-16-18(13)4-5-19-3/h7-8,12,15H,4-6H2,1-3H3. The van der Waals surface area contributed by atoms with Gasteiger partial charge in [-0.25, -0.2) is 4.98 Å². The van der Waals surface area contributed by atoms with Crippen LogP contribution >= 0.6 is 27.3 Å². The molecule has 0 spiro atoms. The van der Waals surface area contributed by atoms with Crippen molar-refractivity contribution in [1.82, 2.24) is 20.1 Å². The first-order valence-corrected chi connectivity index (χ1v) is 8.11. The molecule has 0 saturated carbocycles. The molecule has 0 aliphatic heterocycles. The molecule has 7 heteroatoms. The van der Waals surface area contributed by atoms with Crippen LogP contribution in [0.15, 0.2) is 16.0 Å². The lowest BCUT2D eigenvalue weighted by atomic mass is 10.1. The highest BCUT2D eigenvalue weighted by Crippen LogP contribution is 2.26. The first-order valence-electron chi connectivity index (χ1n) is 6.44. The molecule has 0 radical (unpaired) electrons. The topological polar surface area (TPSA) is 52.0 Å². The molecule has 0 aliphatic carbocycles. The molecule has 0 amide bonds. The summed E-state index contributed by atoms with van der Waals surface area (Å²) in [6.07, 6.45) is 2.68. The van der Waals surface area contributed by atoms with Crippen molar-refractivity contribution in [2.24, 2.45) is 0 Å². The van der Waals surface area contributed by atoms with Gasteiger partial charge in [-0.05, 0) is 29.9 Å². The Hall–Kier alpha value is -0.760. The highest BCUT2D eigenvalue weighted by molar-refractivity contribution is 9.10. The number of hydrogen-bond acceptors (Lipinski definition) is 5. The van der Waals surface area contributed by atoms with Gasteiger partial charge in [0.2, 0.25) is 0 Å². The first kappa shape index (κ1) is 15.6. The minimum Gasteiger partial charge on any atom is -0.383 e. The predicted molar refractivity (Wildman–Crippen MR) is 84.2 cm³/mol. The molecule has 1 N–H and O–H groups in total. The van der Waals surface area contributed by atoms with E-state index in [4.69, 9.17) is 4.74 Å². The van der Waals surface area contributed by atoms with Gasteiger partial charge in [-0.2, -0.15) is 5.10 Å². The summed E-state index contributed by atoms with van der Waals surface area (Å²) in [6.45, 7) is 3.42. The Morgan fingerprint density at radius 3 is 2.95 bits per heavy atom. The van der Waals surface area contributed by atoms with E-state index in [0.29, 0.717) is 6.61 Å². The zero-order valence-electron chi connectivity index (χ0n) is 11.9. The second kappa shape index (κ2) is 7.31. The smallest absolute Gasteiger partial charge is 0.0897 e. The van der Waals surface area contributed by atoms with Crippen LogP contribution in [-0.4, -0.2) is 35.5 Å². The SMILES string of the molecule is CNC(Cc1csc(C)n1)c1c(Br)cnn1CCOC. The van der Waals surface area contributed by atoms with Gasteiger partial charge in [-0.1, -0.05) is 0 Å². The molecular weight excluding hydrogens is 340 g/mol. The average Bonchev–Trinajstić information content (AvgIpc) is 3.00. The van der Waals surface area contributed by atoms with E-state index >= 15 is 0 Å². The largest absolute Gasteiger partial charge is 0.383 e. The maximum Gasteiger partial charge on any atom is 0.0897 e. The highest BCUT2D eigenvalue weighted by atomic mass is 79.9. The number of nitrogens with one attached hydrogen (secondary N) is 1. The van der Waals surface area contributed by atoms with E-state index in [0.717, 1.165) is 33.8 Å². The summed E-state index contributed by atoms with van der Waals surface area (Å²) in [4.78, 5) is 4.54. The highest BCUT2D eigenvalue weighted by Gasteiger charge is 2.20. The van der Waals surface area contributed by atoms with Crippen molar-refractivity contribution in [2.75, 3.05) is 20.8 Å². The molecule has 110 valence electrons. The first-order chi connectivity index (χ1) is 9.65. The third-order valence-electron chi connectivity index (χ3n) is 3.10. The van der Waals surface area contributed by atoms with E-state index in [1.54, 1.807) is 18.4 Å². The van der Waals surface area contributed by atoms with Crippen LogP contribution < -0.4 is 5.32 Å². The Morgan fingerprint density at radius 2 is 2.35 bits per heavy atom. The number of halogens is 1. The average molecular weight is 359 g/mol. The van der Waals surface area contributed by atoms with E-state index in [2.05, 4.69) is 36.7 Å². The summed E-state index contributed by atoms with van der Waals surface area (Å²) >= 11 is 5.27. The van der Waals surface area contributed by atoms with Gasteiger partial charge in [0, 0.05) is 18.9 Å². The summed E-state index contributed by atoms with van der Waals surface area (Å²) in [5.74, 6) is 0. The van der Waals surface area contributed by atoms with Crippen molar-refractivity contribution in [1.29, 1.82) is 0 Å². The van der Waals surface area contributed by atoms with Crippen molar-refractivity contribution >= 4 is 27.3 Å². The zero-order chi connectivity index (χ0) is 14.5. The molecular formula is C13H19BrN4OS. The second-order valence-corrected chi connectivity index (χ2v) is 6.41. The van der Waals surface area contributed by atoms with Gasteiger partial charge < -0.3 is 10.1 Å². The van der Waals surface area contributed by atoms with Gasteiger partial charge in [0.25, 0.3) is 0 Å². The Bertz CT molecular complexity index is 554. The predicted octanol–water partition coefficient (Wildman–Crippen LogP) is 2.56. The van der Waals surface area contributed by atoms with E-state index in [1.807, 2.05) is 24.9 Å². The van der Waals surface area contributed by atoms with Gasteiger partial charge in [0.1, 0.15) is 0 Å². The molecule has 0 saturated heterocycles. The van der Waals surface area contributed by atoms with Crippen molar-refractivity contribution in [2.45, 2.75) is 25.9 Å². The molecule has 0 fully saturated rings. The van der Waals surface area contributed by atoms with E-state index in [9.17, 15) is 0 Å². The quantitative estimate of drug-likeness (QED) is 0.826. The number of rotatable bonds is 7. The number of methoxy groups -OCH3 is 1. The summed E-state index contributed by atoms with van der Waals surface area (Å²) in [5, 5.41) is 11.0. The Labute approximate surface area is 131 Å². The normalized spacial score (nSPS) is 12.8. The Balaban J connectivity index is 2.20. The van der Waals surface area contributed by atoms with Crippen molar-refractivity contribution in [3.05, 3.63) is 32.4 Å². The fraction of sp³-hybridized carbons (Fsp3) is 0.538. The molecule has 1 atom stereocenters. The van der Waals surface area contributed by atoms with Crippen LogP contribution in [0.25, 0.3) is 0 Å². The van der Waals surface area contributed by atoms with E-state index < -0.39 is 0 Å². The third-order valence-corrected chi connectivity index (χ3v) is 4.53. The maximum atomic E-state index is 5.14. The molecule has 5 nitrogen and oxygen atoms in total. The van der Waals surface area contributed by atoms with Crippen LogP contribution in [0.4, 0.5) is 0 Å². The second-order valence-electron chi connectivity index (χ2n) is 4.50. The number of aryl methyl sites for hydroxylation is 1. The molecule has 0 bridgehead atoms. The summed E-state index contributed by atoms with van der Waals surface area (Å²) in [6, 6.07) is 0.172. The van der Waals surface area contributed by atoms with Crippen LogP contribution in [0.5, 0.6) is 0 Å². The fourth-order valence-corrected chi connectivity index (χ4v) is 3.32. The van der Waals surface area contributed by atoms with Gasteiger partial charge >= 0.3 is 0 Å². The monoisotopic (exact) mass is 358 g/mol. The number of aromatic nitrogens is 3. The lowest BCUT2D eigenvalue weighted by Crippen LogP contribution is -2.24. The zero-order valence-corrected chi connectivity index (χ0v) is 14.3. The lowest BCUT2D eigenvalue weighted by Gasteiger charge is -2.18. The minimum absolute atomic E-state index is 0.172. The minimum atomic E-state index is 0.172. The van der Waals surface area contributed by atoms with E-state index in [-0.39, 0.29) is 6.04 Å². The number of nitrogens with zero attached hydrogens (tertiary/aromatic N) is 3. The van der Waals surface area contributed by atoms with Crippen molar-refractivity contribution < 1.29 is 4.74 Å². The fourth-order valence-electron chi connectivity index (χ4n) is 2.12.